The summed E-state index contributed by atoms with van der Waals surface area (Å²) in [7, 11) is 1.81. The highest BCUT2D eigenvalue weighted by molar-refractivity contribution is 5.89. The molecule has 5 nitrogen and oxygen atoms in total. The highest BCUT2D eigenvalue weighted by Gasteiger charge is 2.06. The molecular formula is C14H20N2O3. The first-order valence-corrected chi connectivity index (χ1v) is 6.34. The number of ether oxygens (including phenoxy) is 1. The Morgan fingerprint density at radius 1 is 1.21 bits per heavy atom. The fourth-order valence-corrected chi connectivity index (χ4v) is 1.50. The summed E-state index contributed by atoms with van der Waals surface area (Å²) in [5.41, 5.74) is 1.47. The fraction of sp³-hybridized carbons (Fsp3) is 0.429. The standard InChI is InChI=1S/C14H20N2O3/c1-3-19-14(18)12-6-4-11(5-7-12)10-16-13(17)8-9-15-2/h4-7,15H,3,8-10H2,1-2H3,(H,16,17). The minimum atomic E-state index is -0.327. The molecule has 0 saturated carbocycles. The van der Waals surface area contributed by atoms with Crippen molar-refractivity contribution in [3.63, 3.8) is 0 Å². The van der Waals surface area contributed by atoms with Crippen molar-refractivity contribution in [3.05, 3.63) is 35.4 Å². The van der Waals surface area contributed by atoms with Gasteiger partial charge < -0.3 is 15.4 Å². The van der Waals surface area contributed by atoms with Gasteiger partial charge >= 0.3 is 5.97 Å². The van der Waals surface area contributed by atoms with Crippen LogP contribution in [-0.2, 0) is 16.1 Å². The second kappa shape index (κ2) is 8.26. The van der Waals surface area contributed by atoms with Crippen molar-refractivity contribution in [1.82, 2.24) is 10.6 Å². The maximum atomic E-state index is 11.4. The Balaban J connectivity index is 2.44. The number of benzene rings is 1. The van der Waals surface area contributed by atoms with Crippen molar-refractivity contribution in [1.29, 1.82) is 0 Å². The van der Waals surface area contributed by atoms with Gasteiger partial charge in [0.1, 0.15) is 0 Å². The van der Waals surface area contributed by atoms with Gasteiger partial charge in [-0.05, 0) is 31.7 Å². The van der Waals surface area contributed by atoms with Crippen LogP contribution in [0, 0.1) is 0 Å². The first-order chi connectivity index (χ1) is 9.17. The molecule has 2 N–H and O–H groups in total. The molecule has 0 spiro atoms. The zero-order valence-electron chi connectivity index (χ0n) is 11.4. The molecule has 0 heterocycles. The summed E-state index contributed by atoms with van der Waals surface area (Å²) in [4.78, 5) is 22.9. The predicted octanol–water partition coefficient (Wildman–Crippen LogP) is 1.09. The van der Waals surface area contributed by atoms with Gasteiger partial charge in [0.2, 0.25) is 5.91 Å². The highest BCUT2D eigenvalue weighted by atomic mass is 16.5. The Bertz CT molecular complexity index is 415. The Hall–Kier alpha value is -1.88. The number of carbonyl (C=O) groups is 2. The second-order valence-electron chi connectivity index (χ2n) is 4.05. The minimum Gasteiger partial charge on any atom is -0.462 e. The molecule has 1 aromatic carbocycles. The monoisotopic (exact) mass is 264 g/mol. The molecule has 0 bridgehead atoms. The van der Waals surface area contributed by atoms with E-state index in [1.165, 1.54) is 0 Å². The summed E-state index contributed by atoms with van der Waals surface area (Å²) >= 11 is 0. The normalized spacial score (nSPS) is 10.0. The molecule has 0 fully saturated rings. The van der Waals surface area contributed by atoms with Crippen LogP contribution in [0.4, 0.5) is 0 Å². The quantitative estimate of drug-likeness (QED) is 0.723. The van der Waals surface area contributed by atoms with E-state index in [0.29, 0.717) is 31.7 Å². The van der Waals surface area contributed by atoms with E-state index in [4.69, 9.17) is 4.74 Å². The molecule has 0 radical (unpaired) electrons. The summed E-state index contributed by atoms with van der Waals surface area (Å²) in [6.07, 6.45) is 0.456. The molecule has 1 aromatic rings. The number of amides is 1. The first kappa shape index (κ1) is 15.2. The van der Waals surface area contributed by atoms with Gasteiger partial charge in [-0.1, -0.05) is 12.1 Å². The van der Waals surface area contributed by atoms with Crippen molar-refractivity contribution < 1.29 is 14.3 Å². The fourth-order valence-electron chi connectivity index (χ4n) is 1.50. The molecule has 0 atom stereocenters. The Kier molecular flexibility index (Phi) is 6.60. The lowest BCUT2D eigenvalue weighted by Gasteiger charge is -2.06. The van der Waals surface area contributed by atoms with E-state index in [2.05, 4.69) is 10.6 Å². The average Bonchev–Trinajstić information content (AvgIpc) is 2.43. The van der Waals surface area contributed by atoms with Gasteiger partial charge in [-0.2, -0.15) is 0 Å². The van der Waals surface area contributed by atoms with Crippen LogP contribution in [-0.4, -0.2) is 32.1 Å². The highest BCUT2D eigenvalue weighted by Crippen LogP contribution is 2.06. The van der Waals surface area contributed by atoms with E-state index in [-0.39, 0.29) is 11.9 Å². The Labute approximate surface area is 113 Å². The van der Waals surface area contributed by atoms with Crippen molar-refractivity contribution in [2.45, 2.75) is 19.9 Å². The lowest BCUT2D eigenvalue weighted by atomic mass is 10.1. The summed E-state index contributed by atoms with van der Waals surface area (Å²) in [6, 6.07) is 7.02. The molecule has 0 unspecified atom stereocenters. The van der Waals surface area contributed by atoms with Crippen LogP contribution in [0.3, 0.4) is 0 Å². The molecule has 1 amide bonds. The smallest absolute Gasteiger partial charge is 0.338 e. The third-order valence-electron chi connectivity index (χ3n) is 2.56. The van der Waals surface area contributed by atoms with E-state index in [1.54, 1.807) is 26.1 Å². The number of esters is 1. The number of carbonyl (C=O) groups excluding carboxylic acids is 2. The molecule has 0 aromatic heterocycles. The molecule has 0 aliphatic rings. The van der Waals surface area contributed by atoms with Crippen LogP contribution in [0.5, 0.6) is 0 Å². The number of hydrogen-bond donors (Lipinski definition) is 2. The molecule has 0 aliphatic heterocycles. The zero-order chi connectivity index (χ0) is 14.1. The number of hydrogen-bond acceptors (Lipinski definition) is 4. The Morgan fingerprint density at radius 3 is 2.47 bits per heavy atom. The van der Waals surface area contributed by atoms with E-state index >= 15 is 0 Å². The van der Waals surface area contributed by atoms with Crippen molar-refractivity contribution in [2.24, 2.45) is 0 Å². The maximum Gasteiger partial charge on any atom is 0.338 e. The van der Waals surface area contributed by atoms with E-state index in [9.17, 15) is 9.59 Å². The lowest BCUT2D eigenvalue weighted by Crippen LogP contribution is -2.26. The molecule has 0 saturated heterocycles. The summed E-state index contributed by atoms with van der Waals surface area (Å²) in [5, 5.41) is 5.73. The molecule has 0 aliphatic carbocycles. The number of nitrogens with one attached hydrogen (secondary N) is 2. The average molecular weight is 264 g/mol. The largest absolute Gasteiger partial charge is 0.462 e. The van der Waals surface area contributed by atoms with Crippen LogP contribution < -0.4 is 10.6 Å². The lowest BCUT2D eigenvalue weighted by molar-refractivity contribution is -0.121. The molecule has 5 heteroatoms. The first-order valence-electron chi connectivity index (χ1n) is 6.34. The van der Waals surface area contributed by atoms with Crippen molar-refractivity contribution >= 4 is 11.9 Å². The van der Waals surface area contributed by atoms with E-state index in [1.807, 2.05) is 12.1 Å². The van der Waals surface area contributed by atoms with Crippen LogP contribution in [0.1, 0.15) is 29.3 Å². The summed E-state index contributed by atoms with van der Waals surface area (Å²) < 4.78 is 4.89. The van der Waals surface area contributed by atoms with Gasteiger partial charge in [0.05, 0.1) is 12.2 Å². The molecule has 104 valence electrons. The zero-order valence-corrected chi connectivity index (χ0v) is 11.4. The van der Waals surface area contributed by atoms with Crippen molar-refractivity contribution in [3.8, 4) is 0 Å². The van der Waals surface area contributed by atoms with Crippen LogP contribution in [0.2, 0.25) is 0 Å². The third-order valence-corrected chi connectivity index (χ3v) is 2.56. The van der Waals surface area contributed by atoms with Crippen LogP contribution >= 0.6 is 0 Å². The van der Waals surface area contributed by atoms with Crippen LogP contribution in [0.15, 0.2) is 24.3 Å². The molecule has 1 rings (SSSR count). The second-order valence-corrected chi connectivity index (χ2v) is 4.05. The van der Waals surface area contributed by atoms with Gasteiger partial charge in [0, 0.05) is 19.5 Å². The van der Waals surface area contributed by atoms with Crippen molar-refractivity contribution in [2.75, 3.05) is 20.2 Å². The summed E-state index contributed by atoms with van der Waals surface area (Å²) in [6.45, 7) is 3.26. The van der Waals surface area contributed by atoms with Gasteiger partial charge in [0.25, 0.3) is 0 Å². The van der Waals surface area contributed by atoms with Crippen LogP contribution in [0.25, 0.3) is 0 Å². The third kappa shape index (κ3) is 5.52. The van der Waals surface area contributed by atoms with E-state index in [0.717, 1.165) is 5.56 Å². The minimum absolute atomic E-state index is 0.00354. The van der Waals surface area contributed by atoms with E-state index < -0.39 is 0 Å². The number of rotatable bonds is 7. The van der Waals surface area contributed by atoms with Gasteiger partial charge in [0.15, 0.2) is 0 Å². The Morgan fingerprint density at radius 2 is 1.89 bits per heavy atom. The van der Waals surface area contributed by atoms with Gasteiger partial charge in [-0.15, -0.1) is 0 Å². The molecular weight excluding hydrogens is 244 g/mol. The van der Waals surface area contributed by atoms with Gasteiger partial charge in [-0.3, -0.25) is 4.79 Å². The maximum absolute atomic E-state index is 11.4. The molecule has 19 heavy (non-hydrogen) atoms. The topological polar surface area (TPSA) is 67.4 Å². The SMILES string of the molecule is CCOC(=O)c1ccc(CNC(=O)CCNC)cc1. The predicted molar refractivity (Wildman–Crippen MR) is 72.8 cm³/mol. The summed E-state index contributed by atoms with van der Waals surface area (Å²) in [5.74, 6) is -0.323. The van der Waals surface area contributed by atoms with Gasteiger partial charge in [-0.25, -0.2) is 4.79 Å².